The number of nitrogens with one attached hydrogen (secondary N) is 1. The van der Waals surface area contributed by atoms with Crippen molar-refractivity contribution in [3.8, 4) is 5.75 Å². The second kappa shape index (κ2) is 8.37. The van der Waals surface area contributed by atoms with Crippen molar-refractivity contribution in [2.45, 2.75) is 13.0 Å². The van der Waals surface area contributed by atoms with Gasteiger partial charge in [-0.05, 0) is 24.1 Å². The minimum Gasteiger partial charge on any atom is -0.495 e. The first-order chi connectivity index (χ1) is 11.4. The first-order valence-corrected chi connectivity index (χ1v) is 8.15. The van der Waals surface area contributed by atoms with Gasteiger partial charge in [0.15, 0.2) is 0 Å². The molecule has 1 heterocycles. The van der Waals surface area contributed by atoms with Gasteiger partial charge in [-0.2, -0.15) is 5.10 Å². The Labute approximate surface area is 150 Å². The maximum atomic E-state index is 11.7. The van der Waals surface area contributed by atoms with Crippen molar-refractivity contribution < 1.29 is 9.53 Å². The first-order valence-electron chi connectivity index (χ1n) is 7.40. The molecule has 0 fully saturated rings. The van der Waals surface area contributed by atoms with Gasteiger partial charge in [-0.25, -0.2) is 0 Å². The minimum atomic E-state index is -0.359. The number of primary amides is 1. The molecule has 8 heteroatoms. The molecule has 1 amide bonds. The average molecular weight is 371 g/mol. The summed E-state index contributed by atoms with van der Waals surface area (Å²) in [5.74, 6) is -0.131. The smallest absolute Gasteiger partial charge is 0.222 e. The number of aromatic nitrogens is 2. The van der Waals surface area contributed by atoms with Crippen LogP contribution in [0.15, 0.2) is 24.5 Å². The molecule has 0 saturated carbocycles. The Hall–Kier alpha value is -1.76. The van der Waals surface area contributed by atoms with Crippen molar-refractivity contribution in [1.82, 2.24) is 15.1 Å². The molecule has 1 unspecified atom stereocenters. The van der Waals surface area contributed by atoms with Gasteiger partial charge in [0.05, 0.1) is 24.2 Å². The summed E-state index contributed by atoms with van der Waals surface area (Å²) < 4.78 is 7.00. The van der Waals surface area contributed by atoms with Crippen molar-refractivity contribution in [2.24, 2.45) is 18.7 Å². The van der Waals surface area contributed by atoms with Crippen LogP contribution in [0.3, 0.4) is 0 Å². The SMILES string of the molecule is COc1c(Cl)cc(Cl)cc1CNCC(Cc1cnn(C)c1)C(N)=O. The number of benzene rings is 1. The van der Waals surface area contributed by atoms with Gasteiger partial charge in [-0.3, -0.25) is 9.48 Å². The number of ether oxygens (including phenoxy) is 1. The summed E-state index contributed by atoms with van der Waals surface area (Å²) in [5, 5.41) is 8.29. The van der Waals surface area contributed by atoms with Crippen molar-refractivity contribution in [1.29, 1.82) is 0 Å². The number of aryl methyl sites for hydroxylation is 1. The van der Waals surface area contributed by atoms with Crippen LogP contribution in [0.5, 0.6) is 5.75 Å². The van der Waals surface area contributed by atoms with E-state index in [0.717, 1.165) is 11.1 Å². The maximum absolute atomic E-state index is 11.7. The van der Waals surface area contributed by atoms with Crippen LogP contribution in [-0.4, -0.2) is 29.3 Å². The zero-order valence-corrected chi connectivity index (χ0v) is 15.1. The Morgan fingerprint density at radius 3 is 2.79 bits per heavy atom. The van der Waals surface area contributed by atoms with Crippen molar-refractivity contribution >= 4 is 29.1 Å². The highest BCUT2D eigenvalue weighted by atomic mass is 35.5. The number of hydrogen-bond acceptors (Lipinski definition) is 4. The molecule has 0 spiro atoms. The lowest BCUT2D eigenvalue weighted by Crippen LogP contribution is -2.34. The molecule has 0 aliphatic rings. The monoisotopic (exact) mass is 370 g/mol. The predicted octanol–water partition coefficient (Wildman–Crippen LogP) is 2.17. The van der Waals surface area contributed by atoms with E-state index in [9.17, 15) is 4.79 Å². The molecule has 1 atom stereocenters. The van der Waals surface area contributed by atoms with E-state index in [2.05, 4.69) is 10.4 Å². The molecular formula is C16H20Cl2N4O2. The molecule has 0 bridgehead atoms. The van der Waals surface area contributed by atoms with Gasteiger partial charge in [-0.1, -0.05) is 23.2 Å². The Morgan fingerprint density at radius 2 is 2.21 bits per heavy atom. The van der Waals surface area contributed by atoms with Crippen LogP contribution >= 0.6 is 23.2 Å². The summed E-state index contributed by atoms with van der Waals surface area (Å²) in [4.78, 5) is 11.7. The molecule has 24 heavy (non-hydrogen) atoms. The number of nitrogens with zero attached hydrogens (tertiary/aromatic N) is 2. The molecule has 0 radical (unpaired) electrons. The van der Waals surface area contributed by atoms with E-state index < -0.39 is 0 Å². The van der Waals surface area contributed by atoms with Crippen LogP contribution in [0.25, 0.3) is 0 Å². The third-order valence-electron chi connectivity index (χ3n) is 3.64. The molecule has 2 rings (SSSR count). The van der Waals surface area contributed by atoms with Crippen LogP contribution in [-0.2, 0) is 24.8 Å². The van der Waals surface area contributed by atoms with E-state index in [4.69, 9.17) is 33.7 Å². The quantitative estimate of drug-likeness (QED) is 0.745. The second-order valence-electron chi connectivity index (χ2n) is 5.54. The molecule has 1 aromatic carbocycles. The molecule has 0 saturated heterocycles. The van der Waals surface area contributed by atoms with Crippen molar-refractivity contribution in [3.05, 3.63) is 45.7 Å². The maximum Gasteiger partial charge on any atom is 0.222 e. The van der Waals surface area contributed by atoms with Crippen LogP contribution in [0, 0.1) is 5.92 Å². The summed E-state index contributed by atoms with van der Waals surface area (Å²) in [6.45, 7) is 0.887. The molecular weight excluding hydrogens is 351 g/mol. The molecule has 1 aromatic heterocycles. The highest BCUT2D eigenvalue weighted by Gasteiger charge is 2.17. The summed E-state index contributed by atoms with van der Waals surface area (Å²) in [5.41, 5.74) is 7.29. The second-order valence-corrected chi connectivity index (χ2v) is 6.38. The number of methoxy groups -OCH3 is 1. The fourth-order valence-electron chi connectivity index (χ4n) is 2.49. The fourth-order valence-corrected chi connectivity index (χ4v) is 3.10. The summed E-state index contributed by atoms with van der Waals surface area (Å²) in [6, 6.07) is 3.40. The van der Waals surface area contributed by atoms with Gasteiger partial charge >= 0.3 is 0 Å². The van der Waals surface area contributed by atoms with E-state index in [1.165, 1.54) is 0 Å². The molecule has 6 nitrogen and oxygen atoms in total. The highest BCUT2D eigenvalue weighted by Crippen LogP contribution is 2.32. The number of hydrogen-bond donors (Lipinski definition) is 2. The van der Waals surface area contributed by atoms with E-state index in [-0.39, 0.29) is 11.8 Å². The largest absolute Gasteiger partial charge is 0.495 e. The molecule has 3 N–H and O–H groups in total. The Balaban J connectivity index is 1.99. The van der Waals surface area contributed by atoms with E-state index in [0.29, 0.717) is 35.3 Å². The van der Waals surface area contributed by atoms with Crippen molar-refractivity contribution in [2.75, 3.05) is 13.7 Å². The summed E-state index contributed by atoms with van der Waals surface area (Å²) in [6.07, 6.45) is 4.13. The van der Waals surface area contributed by atoms with Crippen LogP contribution < -0.4 is 15.8 Å². The normalized spacial score (nSPS) is 12.2. The van der Waals surface area contributed by atoms with Gasteiger partial charge in [0.2, 0.25) is 5.91 Å². The predicted molar refractivity (Wildman–Crippen MR) is 94.3 cm³/mol. The van der Waals surface area contributed by atoms with Gasteiger partial charge in [-0.15, -0.1) is 0 Å². The lowest BCUT2D eigenvalue weighted by Gasteiger charge is -2.15. The molecule has 0 aliphatic heterocycles. The third kappa shape index (κ3) is 4.87. The molecule has 2 aromatic rings. The fraction of sp³-hybridized carbons (Fsp3) is 0.375. The average Bonchev–Trinajstić information content (AvgIpc) is 2.91. The number of carbonyl (C=O) groups excluding carboxylic acids is 1. The van der Waals surface area contributed by atoms with Crippen LogP contribution in [0.2, 0.25) is 10.0 Å². The van der Waals surface area contributed by atoms with E-state index >= 15 is 0 Å². The van der Waals surface area contributed by atoms with Gasteiger partial charge in [0.25, 0.3) is 0 Å². The standard InChI is InChI=1S/C16H20Cl2N4O2/c1-22-9-10(6-21-22)3-12(16(19)23)8-20-7-11-4-13(17)5-14(18)15(11)24-2/h4-6,9,12,20H,3,7-8H2,1-2H3,(H2,19,23). The van der Waals surface area contributed by atoms with Gasteiger partial charge < -0.3 is 15.8 Å². The molecule has 0 aliphatic carbocycles. The van der Waals surface area contributed by atoms with Crippen LogP contribution in [0.4, 0.5) is 0 Å². The Morgan fingerprint density at radius 1 is 1.46 bits per heavy atom. The lowest BCUT2D eigenvalue weighted by molar-refractivity contribution is -0.121. The van der Waals surface area contributed by atoms with Crippen LogP contribution in [0.1, 0.15) is 11.1 Å². The zero-order chi connectivity index (χ0) is 17.7. The van der Waals surface area contributed by atoms with E-state index in [1.807, 2.05) is 13.2 Å². The number of amides is 1. The van der Waals surface area contributed by atoms with Crippen molar-refractivity contribution in [3.63, 3.8) is 0 Å². The lowest BCUT2D eigenvalue weighted by atomic mass is 10.0. The highest BCUT2D eigenvalue weighted by molar-refractivity contribution is 6.35. The van der Waals surface area contributed by atoms with Gasteiger partial charge in [0, 0.05) is 36.9 Å². The number of carbonyl (C=O) groups is 1. The van der Waals surface area contributed by atoms with Gasteiger partial charge in [0.1, 0.15) is 5.75 Å². The number of halogens is 2. The molecule has 130 valence electrons. The van der Waals surface area contributed by atoms with E-state index in [1.54, 1.807) is 30.1 Å². The minimum absolute atomic E-state index is 0.338. The number of nitrogens with two attached hydrogens (primary N) is 1. The summed E-state index contributed by atoms with van der Waals surface area (Å²) >= 11 is 12.1. The zero-order valence-electron chi connectivity index (χ0n) is 13.6. The Kier molecular flexibility index (Phi) is 6.48. The number of rotatable bonds is 8. The summed E-state index contributed by atoms with van der Waals surface area (Å²) in [7, 11) is 3.38. The third-order valence-corrected chi connectivity index (χ3v) is 4.14. The first kappa shape index (κ1) is 18.6. The Bertz CT molecular complexity index is 718. The topological polar surface area (TPSA) is 82.2 Å².